The fourth-order valence-electron chi connectivity index (χ4n) is 2.43. The van der Waals surface area contributed by atoms with Crippen molar-refractivity contribution in [1.82, 2.24) is 9.97 Å². The van der Waals surface area contributed by atoms with Crippen LogP contribution in [0.1, 0.15) is 12.5 Å². The minimum absolute atomic E-state index is 0.0373. The van der Waals surface area contributed by atoms with Gasteiger partial charge in [-0.2, -0.15) is 0 Å². The molecule has 2 N–H and O–H groups in total. The zero-order chi connectivity index (χ0) is 19.9. The van der Waals surface area contributed by atoms with Crippen LogP contribution in [-0.2, 0) is 11.2 Å². The number of anilines is 2. The average molecular weight is 378 g/mol. The summed E-state index contributed by atoms with van der Waals surface area (Å²) in [6.07, 6.45) is 1.35. The number of aromatic nitrogens is 2. The molecule has 0 fully saturated rings. The number of allylic oxidation sites excluding steroid dienone is 1. The van der Waals surface area contributed by atoms with E-state index in [9.17, 15) is 9.18 Å². The molecule has 6 nitrogen and oxygen atoms in total. The van der Waals surface area contributed by atoms with Crippen molar-refractivity contribution >= 4 is 17.4 Å². The first-order valence-electron chi connectivity index (χ1n) is 8.55. The third-order valence-electron chi connectivity index (χ3n) is 3.65. The number of halogens is 1. The molecular weight excluding hydrogens is 359 g/mol. The smallest absolute Gasteiger partial charge is 0.228 e. The second-order valence-corrected chi connectivity index (χ2v) is 6.09. The first-order chi connectivity index (χ1) is 13.5. The van der Waals surface area contributed by atoms with E-state index in [-0.39, 0.29) is 12.3 Å². The van der Waals surface area contributed by atoms with Crippen LogP contribution in [0.15, 0.2) is 73.2 Å². The van der Waals surface area contributed by atoms with Gasteiger partial charge in [0.05, 0.1) is 6.42 Å². The summed E-state index contributed by atoms with van der Waals surface area (Å²) in [6, 6.07) is 14.7. The van der Waals surface area contributed by atoms with E-state index < -0.39 is 5.82 Å². The Bertz CT molecular complexity index is 990. The van der Waals surface area contributed by atoms with Gasteiger partial charge in [-0.1, -0.05) is 24.8 Å². The summed E-state index contributed by atoms with van der Waals surface area (Å²) < 4.78 is 19.3. The van der Waals surface area contributed by atoms with Gasteiger partial charge < -0.3 is 15.4 Å². The van der Waals surface area contributed by atoms with E-state index in [4.69, 9.17) is 4.74 Å². The Morgan fingerprint density at radius 1 is 1.11 bits per heavy atom. The van der Waals surface area contributed by atoms with Crippen molar-refractivity contribution in [2.24, 2.45) is 0 Å². The molecule has 0 atom stereocenters. The number of amides is 1. The van der Waals surface area contributed by atoms with Gasteiger partial charge in [0, 0.05) is 17.5 Å². The number of hydrogen-bond donors (Lipinski definition) is 2. The summed E-state index contributed by atoms with van der Waals surface area (Å²) in [5.74, 6) is 0.800. The van der Waals surface area contributed by atoms with Crippen molar-refractivity contribution < 1.29 is 13.9 Å². The number of hydrogen-bond acceptors (Lipinski definition) is 5. The predicted molar refractivity (Wildman–Crippen MR) is 106 cm³/mol. The minimum Gasteiger partial charge on any atom is -0.439 e. The molecule has 0 radical (unpaired) electrons. The predicted octanol–water partition coefficient (Wildman–Crippen LogP) is 4.53. The monoisotopic (exact) mass is 378 g/mol. The molecule has 0 saturated carbocycles. The minimum atomic E-state index is -0.397. The first kappa shape index (κ1) is 19.0. The highest BCUT2D eigenvalue weighted by Crippen LogP contribution is 2.23. The van der Waals surface area contributed by atoms with Crippen molar-refractivity contribution in [2.75, 3.05) is 10.6 Å². The maximum atomic E-state index is 13.6. The lowest BCUT2D eigenvalue weighted by Gasteiger charge is -2.09. The Hall–Kier alpha value is -3.74. The lowest BCUT2D eigenvalue weighted by molar-refractivity contribution is -0.115. The fraction of sp³-hybridized carbons (Fsp3) is 0.0952. The SMILES string of the molecule is C=C(C)Nc1cc(Oc2ccc(NC(=O)Cc3ccccc3F)cc2)ncn1. The molecule has 0 spiro atoms. The molecule has 0 bridgehead atoms. The van der Waals surface area contributed by atoms with Crippen LogP contribution in [0.25, 0.3) is 0 Å². The molecule has 3 aromatic rings. The normalized spacial score (nSPS) is 10.2. The summed E-state index contributed by atoms with van der Waals surface area (Å²) in [5, 5.41) is 5.72. The molecule has 1 aromatic heterocycles. The van der Waals surface area contributed by atoms with E-state index >= 15 is 0 Å². The highest BCUT2D eigenvalue weighted by atomic mass is 19.1. The van der Waals surface area contributed by atoms with E-state index in [1.54, 1.807) is 48.5 Å². The molecule has 7 heteroatoms. The van der Waals surface area contributed by atoms with Crippen molar-refractivity contribution in [2.45, 2.75) is 13.3 Å². The van der Waals surface area contributed by atoms with Crippen LogP contribution in [-0.4, -0.2) is 15.9 Å². The van der Waals surface area contributed by atoms with Gasteiger partial charge >= 0.3 is 0 Å². The number of nitrogens with zero attached hydrogens (tertiary/aromatic N) is 2. The number of carbonyl (C=O) groups excluding carboxylic acids is 1. The van der Waals surface area contributed by atoms with Gasteiger partial charge in [0.1, 0.15) is 23.7 Å². The Morgan fingerprint density at radius 3 is 2.57 bits per heavy atom. The number of benzene rings is 2. The number of rotatable bonds is 7. The molecule has 0 aliphatic carbocycles. The summed E-state index contributed by atoms with van der Waals surface area (Å²) in [5.41, 5.74) is 1.68. The van der Waals surface area contributed by atoms with Crippen LogP contribution in [0.3, 0.4) is 0 Å². The van der Waals surface area contributed by atoms with Crippen molar-refractivity contribution in [3.05, 3.63) is 84.6 Å². The molecule has 0 unspecified atom stereocenters. The van der Waals surface area contributed by atoms with E-state index in [0.29, 0.717) is 28.7 Å². The van der Waals surface area contributed by atoms with E-state index in [2.05, 4.69) is 27.2 Å². The highest BCUT2D eigenvalue weighted by Gasteiger charge is 2.08. The Balaban J connectivity index is 1.60. The van der Waals surface area contributed by atoms with Crippen LogP contribution < -0.4 is 15.4 Å². The topological polar surface area (TPSA) is 76.1 Å². The van der Waals surface area contributed by atoms with Gasteiger partial charge in [-0.05, 0) is 42.8 Å². The number of nitrogens with one attached hydrogen (secondary N) is 2. The van der Waals surface area contributed by atoms with Gasteiger partial charge in [-0.3, -0.25) is 4.79 Å². The van der Waals surface area contributed by atoms with Crippen LogP contribution in [0.5, 0.6) is 11.6 Å². The van der Waals surface area contributed by atoms with Crippen LogP contribution in [0.2, 0.25) is 0 Å². The first-order valence-corrected chi connectivity index (χ1v) is 8.55. The van der Waals surface area contributed by atoms with Crippen LogP contribution >= 0.6 is 0 Å². The summed E-state index contributed by atoms with van der Waals surface area (Å²) in [4.78, 5) is 20.2. The number of carbonyl (C=O) groups is 1. The van der Waals surface area contributed by atoms with Crippen molar-refractivity contribution in [3.63, 3.8) is 0 Å². The summed E-state index contributed by atoms with van der Waals surface area (Å²) in [7, 11) is 0. The molecule has 3 rings (SSSR count). The van der Waals surface area contributed by atoms with Gasteiger partial charge in [0.15, 0.2) is 0 Å². The summed E-state index contributed by atoms with van der Waals surface area (Å²) >= 11 is 0. The molecular formula is C21H19FN4O2. The van der Waals surface area contributed by atoms with Gasteiger partial charge in [-0.25, -0.2) is 14.4 Å². The Labute approximate surface area is 162 Å². The largest absolute Gasteiger partial charge is 0.439 e. The molecule has 142 valence electrons. The van der Waals surface area contributed by atoms with Crippen molar-refractivity contribution in [1.29, 1.82) is 0 Å². The zero-order valence-electron chi connectivity index (χ0n) is 15.3. The summed E-state index contributed by atoms with van der Waals surface area (Å²) in [6.45, 7) is 5.58. The maximum absolute atomic E-state index is 13.6. The zero-order valence-corrected chi connectivity index (χ0v) is 15.3. The maximum Gasteiger partial charge on any atom is 0.228 e. The lowest BCUT2D eigenvalue weighted by Crippen LogP contribution is -2.15. The quantitative estimate of drug-likeness (QED) is 0.631. The highest BCUT2D eigenvalue weighted by molar-refractivity contribution is 5.92. The van der Waals surface area contributed by atoms with Crippen molar-refractivity contribution in [3.8, 4) is 11.6 Å². The van der Waals surface area contributed by atoms with Gasteiger partial charge in [-0.15, -0.1) is 0 Å². The fourth-order valence-corrected chi connectivity index (χ4v) is 2.43. The third kappa shape index (κ3) is 5.38. The molecule has 1 heterocycles. The standard InChI is InChI=1S/C21H19FN4O2/c1-14(2)25-19-12-21(24-13-23-19)28-17-9-7-16(8-10-17)26-20(27)11-15-5-3-4-6-18(15)22/h3-10,12-13H,1,11H2,2H3,(H,26,27)(H,23,24,25). The Morgan fingerprint density at radius 2 is 1.86 bits per heavy atom. The molecule has 2 aromatic carbocycles. The van der Waals surface area contributed by atoms with Crippen LogP contribution in [0, 0.1) is 5.82 Å². The lowest BCUT2D eigenvalue weighted by atomic mass is 10.1. The second kappa shape index (κ2) is 8.77. The molecule has 0 aliphatic heterocycles. The van der Waals surface area contributed by atoms with E-state index in [1.807, 2.05) is 6.92 Å². The van der Waals surface area contributed by atoms with E-state index in [1.165, 1.54) is 12.4 Å². The van der Waals surface area contributed by atoms with Crippen LogP contribution in [0.4, 0.5) is 15.9 Å². The molecule has 1 amide bonds. The third-order valence-corrected chi connectivity index (χ3v) is 3.65. The van der Waals surface area contributed by atoms with Gasteiger partial charge in [0.25, 0.3) is 0 Å². The van der Waals surface area contributed by atoms with Gasteiger partial charge in [0.2, 0.25) is 11.8 Å². The second-order valence-electron chi connectivity index (χ2n) is 6.09. The molecule has 0 aliphatic rings. The Kier molecular flexibility index (Phi) is 5.96. The van der Waals surface area contributed by atoms with E-state index in [0.717, 1.165) is 5.70 Å². The number of ether oxygens (including phenoxy) is 1. The molecule has 28 heavy (non-hydrogen) atoms. The average Bonchev–Trinajstić information content (AvgIpc) is 2.65. The molecule has 0 saturated heterocycles.